The summed E-state index contributed by atoms with van der Waals surface area (Å²) in [6.45, 7) is 6.20. The first kappa shape index (κ1) is 20.8. The minimum atomic E-state index is -3.51. The van der Waals surface area contributed by atoms with E-state index in [1.807, 2.05) is 7.05 Å². The summed E-state index contributed by atoms with van der Waals surface area (Å²) in [6.07, 6.45) is 0. The zero-order valence-corrected chi connectivity index (χ0v) is 16.6. The van der Waals surface area contributed by atoms with Crippen molar-refractivity contribution in [2.75, 3.05) is 26.7 Å². The molecule has 0 saturated carbocycles. The summed E-state index contributed by atoms with van der Waals surface area (Å²) >= 11 is 0. The lowest BCUT2D eigenvalue weighted by atomic mass is 10.2. The van der Waals surface area contributed by atoms with Gasteiger partial charge in [0.2, 0.25) is 10.0 Å². The number of sulfonamides is 1. The molecule has 3 rings (SSSR count). The van der Waals surface area contributed by atoms with Crippen molar-refractivity contribution in [3.05, 3.63) is 30.1 Å². The number of hydrogen-bond donors (Lipinski definition) is 2. The van der Waals surface area contributed by atoms with Crippen LogP contribution in [0.15, 0.2) is 33.7 Å². The van der Waals surface area contributed by atoms with Crippen LogP contribution in [0.5, 0.6) is 0 Å². The maximum absolute atomic E-state index is 12.2. The number of piperazine rings is 1. The van der Waals surface area contributed by atoms with E-state index in [2.05, 4.69) is 25.1 Å². The van der Waals surface area contributed by atoms with Crippen LogP contribution in [0.4, 0.5) is 0 Å². The fraction of sp³-hybridized carbons (Fsp3) is 0.500. The highest BCUT2D eigenvalue weighted by Gasteiger charge is 2.25. The van der Waals surface area contributed by atoms with Crippen molar-refractivity contribution in [3.63, 3.8) is 0 Å². The molecule has 0 spiro atoms. The van der Waals surface area contributed by atoms with E-state index in [-0.39, 0.29) is 29.4 Å². The van der Waals surface area contributed by atoms with Gasteiger partial charge in [-0.3, -0.25) is 4.90 Å². The minimum Gasteiger partial charge on any atom is -0.334 e. The molecule has 1 unspecified atom stereocenters. The predicted molar refractivity (Wildman–Crippen MR) is 101 cm³/mol. The van der Waals surface area contributed by atoms with Gasteiger partial charge in [-0.25, -0.2) is 13.1 Å². The SMILES string of the molecule is CC(C)NS(=O)(=O)c1ccc(-c2nc(C3CNCCN3C)no2)cc1.Cl. The summed E-state index contributed by atoms with van der Waals surface area (Å²) in [5.74, 6) is 1.01. The average Bonchev–Trinajstić information content (AvgIpc) is 3.04. The van der Waals surface area contributed by atoms with Crippen LogP contribution in [0.2, 0.25) is 0 Å². The molecule has 2 N–H and O–H groups in total. The maximum Gasteiger partial charge on any atom is 0.257 e. The highest BCUT2D eigenvalue weighted by atomic mass is 35.5. The van der Waals surface area contributed by atoms with Crippen LogP contribution in [0, 0.1) is 0 Å². The van der Waals surface area contributed by atoms with Gasteiger partial charge in [-0.2, -0.15) is 4.98 Å². The molecule has 0 bridgehead atoms. The molecule has 1 aliphatic heterocycles. The normalized spacial score (nSPS) is 18.7. The zero-order chi connectivity index (χ0) is 18.0. The molecule has 8 nitrogen and oxygen atoms in total. The summed E-state index contributed by atoms with van der Waals surface area (Å²) in [4.78, 5) is 6.86. The van der Waals surface area contributed by atoms with Crippen LogP contribution in [0.25, 0.3) is 11.5 Å². The van der Waals surface area contributed by atoms with Crippen molar-refractivity contribution < 1.29 is 12.9 Å². The van der Waals surface area contributed by atoms with Gasteiger partial charge in [-0.05, 0) is 45.2 Å². The molecule has 1 aromatic carbocycles. The highest BCUT2D eigenvalue weighted by molar-refractivity contribution is 7.89. The molecule has 1 fully saturated rings. The molecule has 1 aliphatic rings. The number of hydrogen-bond acceptors (Lipinski definition) is 7. The van der Waals surface area contributed by atoms with Gasteiger partial charge in [0, 0.05) is 31.2 Å². The van der Waals surface area contributed by atoms with E-state index in [9.17, 15) is 8.42 Å². The first-order valence-corrected chi connectivity index (χ1v) is 9.72. The first-order chi connectivity index (χ1) is 11.9. The number of benzene rings is 1. The lowest BCUT2D eigenvalue weighted by Crippen LogP contribution is -2.44. The summed E-state index contributed by atoms with van der Waals surface area (Å²) < 4.78 is 32.2. The summed E-state index contributed by atoms with van der Waals surface area (Å²) in [7, 11) is -1.48. The Hall–Kier alpha value is -1.52. The van der Waals surface area contributed by atoms with Gasteiger partial charge >= 0.3 is 0 Å². The second kappa shape index (κ2) is 8.45. The minimum absolute atomic E-state index is 0. The topological polar surface area (TPSA) is 100 Å². The molecule has 0 aliphatic carbocycles. The Kier molecular flexibility index (Phi) is 6.75. The molecule has 0 radical (unpaired) electrons. The van der Waals surface area contributed by atoms with Crippen LogP contribution in [-0.2, 0) is 10.0 Å². The van der Waals surface area contributed by atoms with E-state index in [0.29, 0.717) is 17.3 Å². The summed E-state index contributed by atoms with van der Waals surface area (Å²) in [5, 5.41) is 7.39. The summed E-state index contributed by atoms with van der Waals surface area (Å²) in [6, 6.07) is 6.34. The molecule has 10 heteroatoms. The molecule has 2 aromatic rings. The van der Waals surface area contributed by atoms with Gasteiger partial charge in [0.15, 0.2) is 5.82 Å². The molecule has 1 aromatic heterocycles. The molecular formula is C16H24ClN5O3S. The van der Waals surface area contributed by atoms with Crippen LogP contribution in [0.1, 0.15) is 25.7 Å². The maximum atomic E-state index is 12.2. The van der Waals surface area contributed by atoms with Crippen LogP contribution in [-0.4, -0.2) is 56.2 Å². The third-order valence-corrected chi connectivity index (χ3v) is 5.73. The fourth-order valence-corrected chi connectivity index (χ4v) is 3.99. The molecule has 1 atom stereocenters. The second-order valence-corrected chi connectivity index (χ2v) is 8.17. The van der Waals surface area contributed by atoms with Gasteiger partial charge in [0.1, 0.15) is 0 Å². The predicted octanol–water partition coefficient (Wildman–Crippen LogP) is 1.42. The van der Waals surface area contributed by atoms with Crippen molar-refractivity contribution in [1.82, 2.24) is 25.1 Å². The van der Waals surface area contributed by atoms with Crippen molar-refractivity contribution >= 4 is 22.4 Å². The van der Waals surface area contributed by atoms with E-state index in [1.165, 1.54) is 12.1 Å². The smallest absolute Gasteiger partial charge is 0.257 e. The van der Waals surface area contributed by atoms with Gasteiger partial charge in [-0.15, -0.1) is 12.4 Å². The first-order valence-electron chi connectivity index (χ1n) is 8.24. The Morgan fingerprint density at radius 3 is 2.62 bits per heavy atom. The van der Waals surface area contributed by atoms with E-state index in [1.54, 1.807) is 26.0 Å². The van der Waals surface area contributed by atoms with Gasteiger partial charge in [0.25, 0.3) is 5.89 Å². The van der Waals surface area contributed by atoms with E-state index < -0.39 is 10.0 Å². The second-order valence-electron chi connectivity index (χ2n) is 6.46. The molecular weight excluding hydrogens is 378 g/mol. The largest absolute Gasteiger partial charge is 0.334 e. The Balaban J connectivity index is 0.00000243. The number of halogens is 1. The van der Waals surface area contributed by atoms with Crippen LogP contribution < -0.4 is 10.0 Å². The molecule has 26 heavy (non-hydrogen) atoms. The third kappa shape index (κ3) is 4.60. The Bertz CT molecular complexity index is 823. The highest BCUT2D eigenvalue weighted by Crippen LogP contribution is 2.23. The Morgan fingerprint density at radius 2 is 2.00 bits per heavy atom. The van der Waals surface area contributed by atoms with Crippen molar-refractivity contribution in [3.8, 4) is 11.5 Å². The molecule has 144 valence electrons. The van der Waals surface area contributed by atoms with Gasteiger partial charge in [0.05, 0.1) is 10.9 Å². The fourth-order valence-electron chi connectivity index (χ4n) is 2.74. The summed E-state index contributed by atoms with van der Waals surface area (Å²) in [5.41, 5.74) is 0.689. The van der Waals surface area contributed by atoms with Crippen LogP contribution in [0.3, 0.4) is 0 Å². The van der Waals surface area contributed by atoms with Crippen molar-refractivity contribution in [1.29, 1.82) is 0 Å². The van der Waals surface area contributed by atoms with E-state index in [0.717, 1.165) is 19.6 Å². The lowest BCUT2D eigenvalue weighted by Gasteiger charge is -2.30. The number of nitrogens with zero attached hydrogens (tertiary/aromatic N) is 3. The Morgan fingerprint density at radius 1 is 1.31 bits per heavy atom. The number of likely N-dealkylation sites (N-methyl/N-ethyl adjacent to an activating group) is 1. The zero-order valence-electron chi connectivity index (χ0n) is 15.0. The number of aromatic nitrogens is 2. The van der Waals surface area contributed by atoms with Crippen molar-refractivity contribution in [2.24, 2.45) is 0 Å². The van der Waals surface area contributed by atoms with E-state index >= 15 is 0 Å². The van der Waals surface area contributed by atoms with Crippen molar-refractivity contribution in [2.45, 2.75) is 30.8 Å². The van der Waals surface area contributed by atoms with Gasteiger partial charge < -0.3 is 9.84 Å². The molecule has 1 saturated heterocycles. The monoisotopic (exact) mass is 401 g/mol. The number of rotatable bonds is 5. The Labute approximate surface area is 159 Å². The lowest BCUT2D eigenvalue weighted by molar-refractivity contribution is 0.190. The van der Waals surface area contributed by atoms with Crippen LogP contribution >= 0.6 is 12.4 Å². The molecule has 2 heterocycles. The van der Waals surface area contributed by atoms with E-state index in [4.69, 9.17) is 4.52 Å². The quantitative estimate of drug-likeness (QED) is 0.781. The third-order valence-electron chi connectivity index (χ3n) is 4.05. The average molecular weight is 402 g/mol. The molecule has 0 amide bonds. The number of nitrogens with one attached hydrogen (secondary N) is 2. The van der Waals surface area contributed by atoms with Gasteiger partial charge in [-0.1, -0.05) is 5.16 Å². The standard InChI is InChI=1S/C16H23N5O3S.ClH/c1-11(2)20-25(22,23)13-6-4-12(5-7-13)16-18-15(19-24-16)14-10-17-8-9-21(14)3;/h4-7,11,14,17,20H,8-10H2,1-3H3;1H.